The number of nitrogens with one attached hydrogen (secondary N) is 2. The maximum Gasteiger partial charge on any atom is 0.271 e. The first-order chi connectivity index (χ1) is 21.7. The van der Waals surface area contributed by atoms with Gasteiger partial charge in [-0.15, -0.1) is 0 Å². The van der Waals surface area contributed by atoms with Crippen molar-refractivity contribution in [3.8, 4) is 0 Å². The summed E-state index contributed by atoms with van der Waals surface area (Å²) in [7, 11) is 1.38. The van der Waals surface area contributed by atoms with Gasteiger partial charge in [-0.05, 0) is 55.7 Å². The molecule has 0 saturated heterocycles. The number of rotatable bonds is 9. The first kappa shape index (κ1) is 32.4. The molecule has 0 spiro atoms. The van der Waals surface area contributed by atoms with E-state index in [1.54, 1.807) is 0 Å². The molecule has 2 N–H and O–H groups in total. The van der Waals surface area contributed by atoms with Crippen LogP contribution in [-0.2, 0) is 0 Å². The van der Waals surface area contributed by atoms with Gasteiger partial charge in [0, 0.05) is 71.5 Å². The monoisotopic (exact) mass is 626 g/mol. The summed E-state index contributed by atoms with van der Waals surface area (Å²) >= 11 is 0. The number of anilines is 3. The largest absolute Gasteiger partial charge is 0.322 e. The SMILES string of the molecule is Cc1c(C(=O)Nc2cccc([N+](=O)[O-])c2)c(C)c(C(=O)N(C)c2cccc([N+](=O)[O-])c2)c(C)c1C(=O)Nc1cccc([N+](=O)[O-])c1. The molecule has 0 aromatic heterocycles. The number of carbonyl (C=O) groups excluding carboxylic acids is 3. The Labute approximate surface area is 260 Å². The predicted molar refractivity (Wildman–Crippen MR) is 169 cm³/mol. The minimum absolute atomic E-state index is 0.0482. The highest BCUT2D eigenvalue weighted by molar-refractivity contribution is 6.17. The molecule has 0 heterocycles. The van der Waals surface area contributed by atoms with E-state index in [-0.39, 0.29) is 67.5 Å². The molecule has 4 rings (SSSR count). The Morgan fingerprint density at radius 3 is 1.37 bits per heavy atom. The van der Waals surface area contributed by atoms with Gasteiger partial charge >= 0.3 is 0 Å². The van der Waals surface area contributed by atoms with Crippen LogP contribution < -0.4 is 15.5 Å². The van der Waals surface area contributed by atoms with E-state index in [0.717, 1.165) is 17.0 Å². The minimum atomic E-state index is -0.771. The zero-order valence-electron chi connectivity index (χ0n) is 24.9. The lowest BCUT2D eigenvalue weighted by Gasteiger charge is -2.24. The summed E-state index contributed by atoms with van der Waals surface area (Å²) < 4.78 is 0. The fourth-order valence-corrected chi connectivity index (χ4v) is 5.10. The smallest absolute Gasteiger partial charge is 0.271 e. The topological polar surface area (TPSA) is 208 Å². The highest BCUT2D eigenvalue weighted by Crippen LogP contribution is 2.32. The molecule has 234 valence electrons. The zero-order valence-corrected chi connectivity index (χ0v) is 24.9. The molecule has 0 unspecified atom stereocenters. The van der Waals surface area contributed by atoms with Crippen LogP contribution in [0.3, 0.4) is 0 Å². The Hall–Kier alpha value is -6.51. The van der Waals surface area contributed by atoms with E-state index < -0.39 is 32.5 Å². The van der Waals surface area contributed by atoms with Crippen molar-refractivity contribution in [2.75, 3.05) is 22.6 Å². The highest BCUT2D eigenvalue weighted by Gasteiger charge is 2.30. The maximum atomic E-state index is 14.0. The summed E-state index contributed by atoms with van der Waals surface area (Å²) in [6, 6.07) is 15.8. The van der Waals surface area contributed by atoms with E-state index in [4.69, 9.17) is 0 Å². The molecule has 0 aliphatic heterocycles. The van der Waals surface area contributed by atoms with Crippen molar-refractivity contribution >= 4 is 51.8 Å². The first-order valence-corrected chi connectivity index (χ1v) is 13.5. The van der Waals surface area contributed by atoms with Gasteiger partial charge in [0.05, 0.1) is 20.5 Å². The average molecular weight is 627 g/mol. The Balaban J connectivity index is 1.87. The quantitative estimate of drug-likeness (QED) is 0.162. The van der Waals surface area contributed by atoms with Crippen LogP contribution in [0.5, 0.6) is 0 Å². The number of hydrogen-bond acceptors (Lipinski definition) is 9. The van der Waals surface area contributed by atoms with Crippen LogP contribution in [0.2, 0.25) is 0 Å². The summed E-state index contributed by atoms with van der Waals surface area (Å²) in [5.41, 5.74) is -0.155. The first-order valence-electron chi connectivity index (χ1n) is 13.5. The van der Waals surface area contributed by atoms with Gasteiger partial charge in [0.1, 0.15) is 0 Å². The Kier molecular flexibility index (Phi) is 9.16. The van der Waals surface area contributed by atoms with Gasteiger partial charge < -0.3 is 15.5 Å². The van der Waals surface area contributed by atoms with E-state index in [0.29, 0.717) is 0 Å². The van der Waals surface area contributed by atoms with E-state index in [9.17, 15) is 44.7 Å². The van der Waals surface area contributed by atoms with Crippen molar-refractivity contribution in [2.24, 2.45) is 0 Å². The Morgan fingerprint density at radius 2 is 0.957 bits per heavy atom. The molecule has 0 atom stereocenters. The fraction of sp³-hybridized carbons (Fsp3) is 0.129. The molecule has 0 aliphatic rings. The van der Waals surface area contributed by atoms with Crippen molar-refractivity contribution in [3.05, 3.63) is 137 Å². The van der Waals surface area contributed by atoms with Gasteiger partial charge in [0.2, 0.25) is 0 Å². The van der Waals surface area contributed by atoms with Gasteiger partial charge in [-0.2, -0.15) is 0 Å². The van der Waals surface area contributed by atoms with Crippen molar-refractivity contribution in [2.45, 2.75) is 20.8 Å². The molecular formula is C31H26N6O9. The summed E-state index contributed by atoms with van der Waals surface area (Å²) in [6.45, 7) is 4.49. The van der Waals surface area contributed by atoms with Crippen LogP contribution in [0.25, 0.3) is 0 Å². The van der Waals surface area contributed by atoms with Crippen molar-refractivity contribution in [1.82, 2.24) is 0 Å². The Morgan fingerprint density at radius 1 is 0.587 bits per heavy atom. The van der Waals surface area contributed by atoms with Gasteiger partial charge in [-0.25, -0.2) is 0 Å². The molecule has 3 amide bonds. The van der Waals surface area contributed by atoms with Gasteiger partial charge in [-0.1, -0.05) is 18.2 Å². The predicted octanol–water partition coefficient (Wildman–Crippen LogP) is 6.12. The van der Waals surface area contributed by atoms with Gasteiger partial charge in [0.25, 0.3) is 34.8 Å². The number of hydrogen-bond donors (Lipinski definition) is 2. The van der Waals surface area contributed by atoms with E-state index in [2.05, 4.69) is 10.6 Å². The maximum absolute atomic E-state index is 14.0. The van der Waals surface area contributed by atoms with Crippen molar-refractivity contribution in [1.29, 1.82) is 0 Å². The van der Waals surface area contributed by atoms with Crippen LogP contribution in [-0.4, -0.2) is 39.5 Å². The molecule has 0 aliphatic carbocycles. The number of benzene rings is 4. The second-order valence-electron chi connectivity index (χ2n) is 10.2. The molecule has 15 nitrogen and oxygen atoms in total. The van der Waals surface area contributed by atoms with Crippen LogP contribution >= 0.6 is 0 Å². The normalized spacial score (nSPS) is 10.5. The molecule has 0 saturated carbocycles. The third kappa shape index (κ3) is 6.52. The lowest BCUT2D eigenvalue weighted by Crippen LogP contribution is -2.31. The number of carbonyl (C=O) groups is 3. The van der Waals surface area contributed by atoms with Crippen molar-refractivity contribution < 1.29 is 29.2 Å². The summed E-state index contributed by atoms with van der Waals surface area (Å²) in [6.07, 6.45) is 0. The molecule has 4 aromatic rings. The van der Waals surface area contributed by atoms with Gasteiger partial charge in [-0.3, -0.25) is 44.7 Å². The number of non-ortho nitro benzene ring substituents is 3. The van der Waals surface area contributed by atoms with Crippen LogP contribution in [0, 0.1) is 51.1 Å². The zero-order chi connectivity index (χ0) is 33.9. The lowest BCUT2D eigenvalue weighted by atomic mass is 9.86. The molecule has 0 bridgehead atoms. The molecule has 0 fully saturated rings. The molecule has 0 radical (unpaired) electrons. The second-order valence-corrected chi connectivity index (χ2v) is 10.2. The molecule has 46 heavy (non-hydrogen) atoms. The summed E-state index contributed by atoms with van der Waals surface area (Å²) in [5, 5.41) is 39.1. The number of nitro groups is 3. The van der Waals surface area contributed by atoms with E-state index >= 15 is 0 Å². The number of nitrogens with zero attached hydrogens (tertiary/aromatic N) is 4. The van der Waals surface area contributed by atoms with E-state index in [1.807, 2.05) is 0 Å². The minimum Gasteiger partial charge on any atom is -0.322 e. The summed E-state index contributed by atoms with van der Waals surface area (Å²) in [4.78, 5) is 74.7. The Bertz CT molecular complexity index is 1860. The number of nitro benzene ring substituents is 3. The highest BCUT2D eigenvalue weighted by atomic mass is 16.6. The molecule has 4 aromatic carbocycles. The van der Waals surface area contributed by atoms with Crippen LogP contribution in [0.15, 0.2) is 72.8 Å². The standard InChI is InChI=1S/C31H26N6O9/c1-17-26(29(38)32-20-8-5-11-23(14-20)35(41)42)18(2)28(31(40)34(4)22-10-7-13-25(16-22)37(45)46)19(3)27(17)30(39)33-21-9-6-12-24(15-21)36(43)44/h5-16H,1-4H3,(H,32,38)(H,33,39). The lowest BCUT2D eigenvalue weighted by molar-refractivity contribution is -0.385. The van der Waals surface area contributed by atoms with E-state index in [1.165, 1.54) is 88.5 Å². The second kappa shape index (κ2) is 13.0. The third-order valence-corrected chi connectivity index (χ3v) is 7.28. The fourth-order valence-electron chi connectivity index (χ4n) is 5.10. The van der Waals surface area contributed by atoms with Gasteiger partial charge in [0.15, 0.2) is 0 Å². The molecular weight excluding hydrogens is 600 g/mol. The summed E-state index contributed by atoms with van der Waals surface area (Å²) in [5.74, 6) is -2.23. The van der Waals surface area contributed by atoms with Crippen LogP contribution in [0.4, 0.5) is 34.1 Å². The van der Waals surface area contributed by atoms with Crippen LogP contribution in [0.1, 0.15) is 47.8 Å². The third-order valence-electron chi connectivity index (χ3n) is 7.28. The number of amides is 3. The van der Waals surface area contributed by atoms with Crippen molar-refractivity contribution in [3.63, 3.8) is 0 Å². The molecule has 15 heteroatoms. The average Bonchev–Trinajstić information content (AvgIpc) is 3.00.